The molecule has 2 fully saturated rings. The Morgan fingerprint density at radius 2 is 1.83 bits per heavy atom. The van der Waals surface area contributed by atoms with Gasteiger partial charge in [-0.1, -0.05) is 18.2 Å². The van der Waals surface area contributed by atoms with E-state index in [0.717, 1.165) is 42.9 Å². The van der Waals surface area contributed by atoms with E-state index in [2.05, 4.69) is 12.2 Å². The highest BCUT2D eigenvalue weighted by atomic mass is 16.6. The van der Waals surface area contributed by atoms with E-state index in [9.17, 15) is 9.59 Å². The molecule has 36 heavy (non-hydrogen) atoms. The number of cyclic esters (lactones) is 1. The number of hydrogen-bond donors (Lipinski definition) is 1. The number of methoxy groups -OCH3 is 1. The molecule has 192 valence electrons. The van der Waals surface area contributed by atoms with Gasteiger partial charge in [0.1, 0.15) is 18.1 Å². The van der Waals surface area contributed by atoms with E-state index in [4.69, 9.17) is 14.2 Å². The molecule has 8 heteroatoms. The first kappa shape index (κ1) is 24.4. The Balaban J connectivity index is 1.23. The summed E-state index contributed by atoms with van der Waals surface area (Å²) in [6, 6.07) is 13.3. The monoisotopic (exact) mass is 493 g/mol. The predicted molar refractivity (Wildman–Crippen MR) is 137 cm³/mol. The summed E-state index contributed by atoms with van der Waals surface area (Å²) in [5.41, 5.74) is 2.45. The maximum atomic E-state index is 13.4. The van der Waals surface area contributed by atoms with Gasteiger partial charge < -0.3 is 24.4 Å². The summed E-state index contributed by atoms with van der Waals surface area (Å²) in [4.78, 5) is 29.6. The minimum Gasteiger partial charge on any atom is -0.496 e. The number of likely N-dealkylation sites (tertiary alicyclic amines) is 1. The average Bonchev–Trinajstić information content (AvgIpc) is 2.93. The number of nitrogens with zero attached hydrogens (tertiary/aromatic N) is 2. The van der Waals surface area contributed by atoms with Crippen molar-refractivity contribution < 1.29 is 23.8 Å². The molecule has 1 unspecified atom stereocenters. The van der Waals surface area contributed by atoms with Gasteiger partial charge in [-0.05, 0) is 69.8 Å². The highest BCUT2D eigenvalue weighted by Gasteiger charge is 2.35. The number of hydrogen-bond acceptors (Lipinski definition) is 6. The molecule has 0 aliphatic carbocycles. The predicted octanol–water partition coefficient (Wildman–Crippen LogP) is 4.22. The Morgan fingerprint density at radius 1 is 1.08 bits per heavy atom. The van der Waals surface area contributed by atoms with E-state index in [0.29, 0.717) is 49.8 Å². The van der Waals surface area contributed by atoms with E-state index in [1.54, 1.807) is 18.1 Å². The van der Waals surface area contributed by atoms with Gasteiger partial charge >= 0.3 is 6.09 Å². The maximum absolute atomic E-state index is 13.4. The van der Waals surface area contributed by atoms with Crippen LogP contribution in [-0.4, -0.2) is 62.3 Å². The largest absolute Gasteiger partial charge is 0.496 e. The van der Waals surface area contributed by atoms with Crippen molar-refractivity contribution in [2.75, 3.05) is 38.2 Å². The molecule has 0 saturated carbocycles. The van der Waals surface area contributed by atoms with Gasteiger partial charge in [0.25, 0.3) is 5.91 Å². The fraction of sp³-hybridized carbons (Fsp3) is 0.500. The van der Waals surface area contributed by atoms with Crippen LogP contribution in [0.15, 0.2) is 42.5 Å². The summed E-state index contributed by atoms with van der Waals surface area (Å²) in [7, 11) is 1.58. The Kier molecular flexibility index (Phi) is 7.32. The topological polar surface area (TPSA) is 80.3 Å². The fourth-order valence-corrected chi connectivity index (χ4v) is 5.56. The number of ether oxygens (including phenoxy) is 3. The molecule has 0 bridgehead atoms. The second-order valence-corrected chi connectivity index (χ2v) is 9.85. The van der Waals surface area contributed by atoms with E-state index < -0.39 is 0 Å². The van der Waals surface area contributed by atoms with Crippen LogP contribution in [0.2, 0.25) is 0 Å². The molecule has 3 heterocycles. The van der Waals surface area contributed by atoms with Crippen LogP contribution in [0.3, 0.4) is 0 Å². The van der Waals surface area contributed by atoms with Gasteiger partial charge in [0.05, 0.1) is 24.5 Å². The molecule has 2 amide bonds. The number of anilines is 1. The lowest BCUT2D eigenvalue weighted by Crippen LogP contribution is -2.50. The van der Waals surface area contributed by atoms with Crippen LogP contribution in [0.25, 0.3) is 0 Å². The van der Waals surface area contributed by atoms with Crippen LogP contribution in [-0.2, 0) is 11.3 Å². The zero-order valence-corrected chi connectivity index (χ0v) is 21.1. The van der Waals surface area contributed by atoms with Gasteiger partial charge in [-0.3, -0.25) is 9.69 Å². The molecule has 0 aromatic heterocycles. The number of amides is 2. The third kappa shape index (κ3) is 5.00. The molecule has 8 nitrogen and oxygen atoms in total. The zero-order chi connectivity index (χ0) is 25.1. The third-order valence-corrected chi connectivity index (χ3v) is 7.69. The van der Waals surface area contributed by atoms with Gasteiger partial charge in [0.15, 0.2) is 0 Å². The Labute approximate surface area is 212 Å². The Bertz CT molecular complexity index is 1090. The van der Waals surface area contributed by atoms with Gasteiger partial charge in [-0.25, -0.2) is 4.79 Å². The summed E-state index contributed by atoms with van der Waals surface area (Å²) in [5.74, 6) is 1.69. The molecular weight excluding hydrogens is 458 g/mol. The summed E-state index contributed by atoms with van der Waals surface area (Å²) in [6.07, 6.45) is 3.37. The van der Waals surface area contributed by atoms with Gasteiger partial charge in [-0.2, -0.15) is 0 Å². The first-order valence-electron chi connectivity index (χ1n) is 12.9. The van der Waals surface area contributed by atoms with Crippen molar-refractivity contribution in [2.45, 2.75) is 51.4 Å². The number of para-hydroxylation sites is 1. The summed E-state index contributed by atoms with van der Waals surface area (Å²) < 4.78 is 17.2. The molecular formula is C28H35N3O5. The molecule has 0 radical (unpaired) electrons. The summed E-state index contributed by atoms with van der Waals surface area (Å²) >= 11 is 0. The lowest BCUT2D eigenvalue weighted by atomic mass is 9.93. The molecule has 1 atom stereocenters. The van der Waals surface area contributed by atoms with Crippen molar-refractivity contribution in [1.82, 2.24) is 10.2 Å². The van der Waals surface area contributed by atoms with Crippen molar-refractivity contribution in [3.63, 3.8) is 0 Å². The molecule has 2 aromatic rings. The quantitative estimate of drug-likeness (QED) is 0.649. The van der Waals surface area contributed by atoms with Crippen molar-refractivity contribution in [3.8, 4) is 11.5 Å². The SMILES string of the molecule is COc1cc(OC(C)C2CCNCC2)ccc1C(=O)N1CCC(N2C(=O)OCc3ccccc32)CC1. The Morgan fingerprint density at radius 3 is 2.58 bits per heavy atom. The van der Waals surface area contributed by atoms with Gasteiger partial charge in [-0.15, -0.1) is 0 Å². The number of benzene rings is 2. The first-order valence-corrected chi connectivity index (χ1v) is 12.9. The van der Waals surface area contributed by atoms with Crippen molar-refractivity contribution in [2.24, 2.45) is 5.92 Å². The molecule has 1 N–H and O–H groups in total. The van der Waals surface area contributed by atoms with Gasteiger partial charge in [0, 0.05) is 30.8 Å². The van der Waals surface area contributed by atoms with E-state index in [-0.39, 0.29) is 24.1 Å². The second-order valence-electron chi connectivity index (χ2n) is 9.85. The third-order valence-electron chi connectivity index (χ3n) is 7.69. The Hall–Kier alpha value is -3.26. The minimum absolute atomic E-state index is 0.00264. The van der Waals surface area contributed by atoms with E-state index >= 15 is 0 Å². The lowest BCUT2D eigenvalue weighted by molar-refractivity contribution is 0.0705. The number of nitrogens with one attached hydrogen (secondary N) is 1. The van der Waals surface area contributed by atoms with Crippen molar-refractivity contribution in [1.29, 1.82) is 0 Å². The normalized spacial score (nSPS) is 19.9. The number of rotatable bonds is 6. The first-order chi connectivity index (χ1) is 17.5. The van der Waals surface area contributed by atoms with Crippen LogP contribution >= 0.6 is 0 Å². The van der Waals surface area contributed by atoms with Gasteiger partial charge in [0.2, 0.25) is 0 Å². The van der Waals surface area contributed by atoms with Crippen LogP contribution in [0.4, 0.5) is 10.5 Å². The number of piperidine rings is 2. The smallest absolute Gasteiger partial charge is 0.414 e. The van der Waals surface area contributed by atoms with Crippen LogP contribution in [0.1, 0.15) is 48.5 Å². The zero-order valence-electron chi connectivity index (χ0n) is 21.1. The highest BCUT2D eigenvalue weighted by molar-refractivity contribution is 5.97. The molecule has 5 rings (SSSR count). The second kappa shape index (κ2) is 10.8. The highest BCUT2D eigenvalue weighted by Crippen LogP contribution is 2.33. The fourth-order valence-electron chi connectivity index (χ4n) is 5.56. The van der Waals surface area contributed by atoms with Crippen LogP contribution in [0.5, 0.6) is 11.5 Å². The van der Waals surface area contributed by atoms with E-state index in [1.165, 1.54) is 0 Å². The number of carbonyl (C=O) groups is 2. The molecule has 3 aliphatic rings. The molecule has 3 aliphatic heterocycles. The molecule has 2 saturated heterocycles. The maximum Gasteiger partial charge on any atom is 0.414 e. The average molecular weight is 494 g/mol. The van der Waals surface area contributed by atoms with Crippen LogP contribution < -0.4 is 19.7 Å². The minimum atomic E-state index is -0.311. The number of carbonyl (C=O) groups excluding carboxylic acids is 2. The van der Waals surface area contributed by atoms with Crippen molar-refractivity contribution >= 4 is 17.7 Å². The van der Waals surface area contributed by atoms with Crippen LogP contribution in [0, 0.1) is 5.92 Å². The summed E-state index contributed by atoms with van der Waals surface area (Å²) in [5, 5.41) is 3.39. The van der Waals surface area contributed by atoms with E-state index in [1.807, 2.05) is 41.3 Å². The summed E-state index contributed by atoms with van der Waals surface area (Å²) in [6.45, 7) is 5.59. The van der Waals surface area contributed by atoms with Crippen molar-refractivity contribution in [3.05, 3.63) is 53.6 Å². The number of fused-ring (bicyclic) bond motifs is 1. The molecule has 0 spiro atoms. The molecule has 2 aromatic carbocycles. The lowest BCUT2D eigenvalue weighted by Gasteiger charge is -2.40. The standard InChI is InChI=1S/C28H35N3O5/c1-19(20-9-13-29-14-10-20)36-23-7-8-24(26(17-23)34-2)27(32)30-15-11-22(12-16-30)31-25-6-4-3-5-21(25)18-35-28(31)33/h3-8,17,19-20,22,29H,9-16,18H2,1-2H3.